The van der Waals surface area contributed by atoms with E-state index in [9.17, 15) is 23.1 Å². The van der Waals surface area contributed by atoms with Crippen molar-refractivity contribution in [2.45, 2.75) is 44.6 Å². The number of hydrogen-bond donors (Lipinski definition) is 2. The van der Waals surface area contributed by atoms with Crippen molar-refractivity contribution >= 4 is 5.97 Å². The molecule has 0 unspecified atom stereocenters. The molecule has 3 rings (SSSR count). The summed E-state index contributed by atoms with van der Waals surface area (Å²) in [6.45, 7) is 2.13. The number of alkyl halides is 3. The number of carboxylic acids is 1. The van der Waals surface area contributed by atoms with Gasteiger partial charge in [0.15, 0.2) is 0 Å². The van der Waals surface area contributed by atoms with Gasteiger partial charge in [-0.2, -0.15) is 13.2 Å². The van der Waals surface area contributed by atoms with Gasteiger partial charge in [0.1, 0.15) is 17.6 Å². The smallest absolute Gasteiger partial charge is 0.416 e. The highest BCUT2D eigenvalue weighted by molar-refractivity contribution is 5.67. The third kappa shape index (κ3) is 4.82. The van der Waals surface area contributed by atoms with Crippen LogP contribution in [0.2, 0.25) is 0 Å². The molecule has 1 aliphatic rings. The summed E-state index contributed by atoms with van der Waals surface area (Å²) in [7, 11) is 0. The summed E-state index contributed by atoms with van der Waals surface area (Å²) in [5.74, 6) is -0.990. The molecule has 2 atom stereocenters. The molecular weight excluding hydrogens is 389 g/mol. The zero-order valence-corrected chi connectivity index (χ0v) is 15.7. The lowest BCUT2D eigenvalue weighted by Gasteiger charge is -2.19. The van der Waals surface area contributed by atoms with Crippen LogP contribution in [0.15, 0.2) is 36.4 Å². The fourth-order valence-corrected chi connectivity index (χ4v) is 3.61. The topological polar surface area (TPSA) is 76.0 Å². The Kier molecular flexibility index (Phi) is 6.02. The van der Waals surface area contributed by atoms with Crippen LogP contribution in [0.25, 0.3) is 0 Å². The Morgan fingerprint density at radius 2 is 1.93 bits per heavy atom. The average molecular weight is 410 g/mol. The van der Waals surface area contributed by atoms with Crippen LogP contribution in [-0.4, -0.2) is 22.8 Å². The predicted octanol–water partition coefficient (Wildman–Crippen LogP) is 5.03. The first kappa shape index (κ1) is 21.0. The summed E-state index contributed by atoms with van der Waals surface area (Å²) in [6, 6.07) is 8.68. The molecule has 8 heteroatoms. The molecule has 0 amide bonds. The van der Waals surface area contributed by atoms with Gasteiger partial charge in [0, 0.05) is 6.61 Å². The lowest BCUT2D eigenvalue weighted by Crippen LogP contribution is -2.11. The Balaban J connectivity index is 1.79. The van der Waals surface area contributed by atoms with Crippen LogP contribution in [0.5, 0.6) is 11.5 Å². The van der Waals surface area contributed by atoms with Crippen molar-refractivity contribution in [2.75, 3.05) is 6.61 Å². The fourth-order valence-electron chi connectivity index (χ4n) is 3.61. The van der Waals surface area contributed by atoms with E-state index in [1.54, 1.807) is 31.2 Å². The monoisotopic (exact) mass is 410 g/mol. The molecule has 156 valence electrons. The Morgan fingerprint density at radius 3 is 2.52 bits per heavy atom. The largest absolute Gasteiger partial charge is 0.508 e. The minimum Gasteiger partial charge on any atom is -0.508 e. The van der Waals surface area contributed by atoms with Crippen LogP contribution in [0.3, 0.4) is 0 Å². The van der Waals surface area contributed by atoms with E-state index in [-0.39, 0.29) is 18.4 Å². The van der Waals surface area contributed by atoms with Crippen molar-refractivity contribution in [3.05, 3.63) is 58.7 Å². The summed E-state index contributed by atoms with van der Waals surface area (Å²) < 4.78 is 51.1. The number of rotatable bonds is 7. The lowest BCUT2D eigenvalue weighted by molar-refractivity contribution is -0.140. The molecule has 0 saturated heterocycles. The van der Waals surface area contributed by atoms with Crippen LogP contribution in [0.1, 0.15) is 54.2 Å². The zero-order chi connectivity index (χ0) is 21.2. The number of ether oxygens (including phenoxy) is 2. The van der Waals surface area contributed by atoms with Crippen molar-refractivity contribution in [1.29, 1.82) is 0 Å². The Hall–Kier alpha value is -2.74. The Morgan fingerprint density at radius 1 is 1.24 bits per heavy atom. The Labute approximate surface area is 165 Å². The number of carboxylic acid groups (broad SMARTS) is 1. The summed E-state index contributed by atoms with van der Waals surface area (Å²) in [6.07, 6.45) is -5.35. The molecule has 0 fully saturated rings. The highest BCUT2D eigenvalue weighted by Crippen LogP contribution is 2.44. The standard InChI is InChI=1S/C21H21F3O5/c1-2-28-19(11-20(26)27)12-3-5-14(6-4-12)29-18-8-7-15-16(18)9-13(25)10-17(15)21(22,23)24/h3-6,9-10,18-19,25H,2,7-8,11H2,1H3,(H,26,27)/t18-,19+/m1/s1. The molecule has 0 aromatic heterocycles. The van der Waals surface area contributed by atoms with Gasteiger partial charge < -0.3 is 19.7 Å². The minimum absolute atomic E-state index is 0.148. The van der Waals surface area contributed by atoms with Crippen LogP contribution in [0.4, 0.5) is 13.2 Å². The van der Waals surface area contributed by atoms with Gasteiger partial charge in [0.25, 0.3) is 0 Å². The number of halogens is 3. The first-order valence-corrected chi connectivity index (χ1v) is 9.22. The number of fused-ring (bicyclic) bond motifs is 1. The molecule has 2 aromatic rings. The number of aromatic hydroxyl groups is 1. The van der Waals surface area contributed by atoms with Gasteiger partial charge in [-0.05, 0) is 60.7 Å². The van der Waals surface area contributed by atoms with Gasteiger partial charge in [0.2, 0.25) is 0 Å². The molecule has 0 bridgehead atoms. The second kappa shape index (κ2) is 8.32. The second-order valence-corrected chi connectivity index (χ2v) is 6.81. The van der Waals surface area contributed by atoms with E-state index in [4.69, 9.17) is 14.6 Å². The molecular formula is C21H21F3O5. The number of aliphatic carboxylic acids is 1. The van der Waals surface area contributed by atoms with Crippen LogP contribution < -0.4 is 4.74 Å². The number of benzene rings is 2. The van der Waals surface area contributed by atoms with Crippen molar-refractivity contribution in [3.8, 4) is 11.5 Å². The summed E-state index contributed by atoms with van der Waals surface area (Å²) in [5, 5.41) is 18.7. The maximum absolute atomic E-state index is 13.2. The number of phenols is 1. The van der Waals surface area contributed by atoms with E-state index >= 15 is 0 Å². The van der Waals surface area contributed by atoms with E-state index in [2.05, 4.69) is 0 Å². The van der Waals surface area contributed by atoms with E-state index in [1.165, 1.54) is 6.07 Å². The van der Waals surface area contributed by atoms with E-state index in [0.717, 1.165) is 6.07 Å². The lowest BCUT2D eigenvalue weighted by atomic mass is 10.0. The van der Waals surface area contributed by atoms with E-state index < -0.39 is 35.7 Å². The molecule has 2 N–H and O–H groups in total. The second-order valence-electron chi connectivity index (χ2n) is 6.81. The number of carbonyl (C=O) groups is 1. The fraction of sp³-hybridized carbons (Fsp3) is 0.381. The van der Waals surface area contributed by atoms with Gasteiger partial charge in [-0.3, -0.25) is 4.79 Å². The molecule has 0 aliphatic heterocycles. The van der Waals surface area contributed by atoms with Gasteiger partial charge in [-0.1, -0.05) is 12.1 Å². The normalized spacial score (nSPS) is 17.0. The maximum atomic E-state index is 13.2. The van der Waals surface area contributed by atoms with E-state index in [0.29, 0.717) is 29.9 Å². The Bertz CT molecular complexity index is 877. The first-order chi connectivity index (χ1) is 13.7. The van der Waals surface area contributed by atoms with Crippen molar-refractivity contribution < 1.29 is 37.7 Å². The number of hydrogen-bond acceptors (Lipinski definition) is 4. The van der Waals surface area contributed by atoms with Crippen molar-refractivity contribution in [1.82, 2.24) is 0 Å². The van der Waals surface area contributed by atoms with Crippen molar-refractivity contribution in [3.63, 3.8) is 0 Å². The van der Waals surface area contributed by atoms with Gasteiger partial charge in [0.05, 0.1) is 18.1 Å². The van der Waals surface area contributed by atoms with Crippen LogP contribution in [-0.2, 0) is 22.1 Å². The third-order valence-electron chi connectivity index (χ3n) is 4.84. The molecule has 1 aliphatic carbocycles. The van der Waals surface area contributed by atoms with Crippen LogP contribution >= 0.6 is 0 Å². The molecule has 29 heavy (non-hydrogen) atoms. The summed E-state index contributed by atoms with van der Waals surface area (Å²) in [4.78, 5) is 11.0. The van der Waals surface area contributed by atoms with Gasteiger partial charge in [-0.25, -0.2) is 0 Å². The van der Waals surface area contributed by atoms with Gasteiger partial charge >= 0.3 is 12.1 Å². The van der Waals surface area contributed by atoms with Crippen LogP contribution in [0, 0.1) is 0 Å². The number of phenolic OH excluding ortho intramolecular Hbond substituents is 1. The molecule has 2 aromatic carbocycles. The highest BCUT2D eigenvalue weighted by atomic mass is 19.4. The third-order valence-corrected chi connectivity index (χ3v) is 4.84. The highest BCUT2D eigenvalue weighted by Gasteiger charge is 2.38. The van der Waals surface area contributed by atoms with E-state index in [1.807, 2.05) is 0 Å². The zero-order valence-electron chi connectivity index (χ0n) is 15.7. The first-order valence-electron chi connectivity index (χ1n) is 9.22. The quantitative estimate of drug-likeness (QED) is 0.670. The summed E-state index contributed by atoms with van der Waals surface area (Å²) in [5.41, 5.74) is 0.321. The molecule has 5 nitrogen and oxygen atoms in total. The predicted molar refractivity (Wildman–Crippen MR) is 97.9 cm³/mol. The molecule has 0 spiro atoms. The molecule has 0 heterocycles. The molecule has 0 saturated carbocycles. The van der Waals surface area contributed by atoms with Crippen molar-refractivity contribution in [2.24, 2.45) is 0 Å². The SMILES string of the molecule is CCO[C@@H](CC(=O)O)c1ccc(O[C@@H]2CCc3c2cc(O)cc3C(F)(F)F)cc1. The summed E-state index contributed by atoms with van der Waals surface area (Å²) >= 11 is 0. The minimum atomic E-state index is -4.54. The average Bonchev–Trinajstić information content (AvgIpc) is 3.02. The molecule has 0 radical (unpaired) electrons. The maximum Gasteiger partial charge on any atom is 0.416 e. The van der Waals surface area contributed by atoms with Gasteiger partial charge in [-0.15, -0.1) is 0 Å².